The maximum atomic E-state index is 12.3. The molecule has 1 aliphatic heterocycles. The van der Waals surface area contributed by atoms with E-state index in [0.29, 0.717) is 12.2 Å². The number of hydrogen-bond donors (Lipinski definition) is 2. The largest absolute Gasteiger partial charge is 0.332 e. The predicted octanol–water partition coefficient (Wildman–Crippen LogP) is 1.51. The number of aromatic amines is 1. The highest BCUT2D eigenvalue weighted by molar-refractivity contribution is 7.89. The Morgan fingerprint density at radius 2 is 2.00 bits per heavy atom. The van der Waals surface area contributed by atoms with Crippen LogP contribution in [0.4, 0.5) is 0 Å². The number of sulfonamides is 1. The summed E-state index contributed by atoms with van der Waals surface area (Å²) in [4.78, 5) is 9.30. The quantitative estimate of drug-likeness (QED) is 0.883. The van der Waals surface area contributed by atoms with Crippen LogP contribution in [0.5, 0.6) is 0 Å². The van der Waals surface area contributed by atoms with E-state index in [1.54, 1.807) is 0 Å². The highest BCUT2D eigenvalue weighted by atomic mass is 32.2. The Morgan fingerprint density at radius 3 is 2.48 bits per heavy atom. The van der Waals surface area contributed by atoms with Crippen LogP contribution in [0, 0.1) is 0 Å². The molecule has 120 valence electrons. The van der Waals surface area contributed by atoms with E-state index in [2.05, 4.69) is 40.4 Å². The van der Waals surface area contributed by atoms with Crippen LogP contribution < -0.4 is 4.72 Å². The summed E-state index contributed by atoms with van der Waals surface area (Å²) in [5.41, 5.74) is 0.142. The van der Waals surface area contributed by atoms with Gasteiger partial charge >= 0.3 is 0 Å². The van der Waals surface area contributed by atoms with E-state index < -0.39 is 10.0 Å². The molecule has 2 heterocycles. The molecular formula is C14H26N4O2S. The van der Waals surface area contributed by atoms with Crippen LogP contribution in [-0.2, 0) is 16.4 Å². The number of hydrogen-bond acceptors (Lipinski definition) is 4. The lowest BCUT2D eigenvalue weighted by atomic mass is 9.99. The lowest BCUT2D eigenvalue weighted by Crippen LogP contribution is -2.50. The van der Waals surface area contributed by atoms with E-state index in [1.807, 2.05) is 6.92 Å². The molecule has 0 amide bonds. The molecule has 0 atom stereocenters. The minimum absolute atomic E-state index is 0.00183. The van der Waals surface area contributed by atoms with E-state index in [9.17, 15) is 8.42 Å². The van der Waals surface area contributed by atoms with Crippen molar-refractivity contribution in [3.05, 3.63) is 12.0 Å². The Hall–Kier alpha value is -0.920. The average molecular weight is 314 g/mol. The number of H-pyrrole nitrogens is 1. The smallest absolute Gasteiger partial charge is 0.257 e. The van der Waals surface area contributed by atoms with Crippen molar-refractivity contribution in [2.45, 2.75) is 63.6 Å². The first-order chi connectivity index (χ1) is 9.72. The fourth-order valence-corrected chi connectivity index (χ4v) is 3.86. The van der Waals surface area contributed by atoms with Crippen molar-refractivity contribution in [3.63, 3.8) is 0 Å². The van der Waals surface area contributed by atoms with E-state index >= 15 is 0 Å². The summed E-state index contributed by atoms with van der Waals surface area (Å²) in [6, 6.07) is 0.00183. The fraction of sp³-hybridized carbons (Fsp3) is 0.786. The van der Waals surface area contributed by atoms with Gasteiger partial charge in [-0.3, -0.25) is 4.90 Å². The number of piperidine rings is 1. The number of rotatable bonds is 4. The summed E-state index contributed by atoms with van der Waals surface area (Å²) < 4.78 is 27.4. The van der Waals surface area contributed by atoms with Crippen LogP contribution in [0.25, 0.3) is 0 Å². The van der Waals surface area contributed by atoms with Gasteiger partial charge in [0, 0.05) is 31.1 Å². The van der Waals surface area contributed by atoms with Crippen molar-refractivity contribution >= 4 is 10.0 Å². The summed E-state index contributed by atoms with van der Waals surface area (Å²) in [5, 5.41) is 0.164. The molecule has 1 aliphatic rings. The third-order valence-electron chi connectivity index (χ3n) is 3.99. The number of likely N-dealkylation sites (tertiary alicyclic amines) is 1. The Morgan fingerprint density at radius 1 is 1.38 bits per heavy atom. The second-order valence-corrected chi connectivity index (χ2v) is 8.28. The van der Waals surface area contributed by atoms with E-state index in [0.717, 1.165) is 25.9 Å². The normalized spacial score (nSPS) is 19.0. The molecule has 0 radical (unpaired) electrons. The molecule has 1 saturated heterocycles. The summed E-state index contributed by atoms with van der Waals surface area (Å²) in [7, 11) is -3.49. The predicted molar refractivity (Wildman–Crippen MR) is 82.6 cm³/mol. The van der Waals surface area contributed by atoms with Gasteiger partial charge < -0.3 is 4.98 Å². The molecule has 0 saturated carbocycles. The Balaban J connectivity index is 1.96. The summed E-state index contributed by atoms with van der Waals surface area (Å²) in [6.45, 7) is 10.3. The standard InChI is InChI=1S/C14H26N4O2S/c1-5-12-15-10-13(16-12)21(19,20)17-11-6-8-18(9-7-11)14(2,3)4/h10-11,17H,5-9H2,1-4H3,(H,15,16). The summed E-state index contributed by atoms with van der Waals surface area (Å²) in [5.74, 6) is 0.693. The van der Waals surface area contributed by atoms with Gasteiger partial charge in [0.2, 0.25) is 0 Å². The van der Waals surface area contributed by atoms with Gasteiger partial charge in [-0.05, 0) is 33.6 Å². The maximum absolute atomic E-state index is 12.3. The molecule has 2 rings (SSSR count). The van der Waals surface area contributed by atoms with Crippen molar-refractivity contribution in [2.24, 2.45) is 0 Å². The molecule has 7 heteroatoms. The molecule has 1 aromatic rings. The van der Waals surface area contributed by atoms with Crippen LogP contribution in [0.1, 0.15) is 46.4 Å². The number of nitrogens with one attached hydrogen (secondary N) is 2. The van der Waals surface area contributed by atoms with E-state index in [4.69, 9.17) is 0 Å². The highest BCUT2D eigenvalue weighted by Crippen LogP contribution is 2.21. The molecule has 0 aliphatic carbocycles. The van der Waals surface area contributed by atoms with Gasteiger partial charge in [0.05, 0.1) is 6.20 Å². The van der Waals surface area contributed by atoms with Crippen LogP contribution >= 0.6 is 0 Å². The molecule has 0 spiro atoms. The lowest BCUT2D eigenvalue weighted by molar-refractivity contribution is 0.100. The van der Waals surface area contributed by atoms with E-state index in [-0.39, 0.29) is 16.6 Å². The lowest BCUT2D eigenvalue weighted by Gasteiger charge is -2.40. The molecule has 0 bridgehead atoms. The first kappa shape index (κ1) is 16.5. The van der Waals surface area contributed by atoms with Gasteiger partial charge in [-0.15, -0.1) is 0 Å². The molecule has 0 aromatic carbocycles. The number of imidazole rings is 1. The molecule has 0 unspecified atom stereocenters. The van der Waals surface area contributed by atoms with Gasteiger partial charge in [-0.1, -0.05) is 6.92 Å². The molecular weight excluding hydrogens is 288 g/mol. The number of nitrogens with zero attached hydrogens (tertiary/aromatic N) is 2. The van der Waals surface area contributed by atoms with Crippen LogP contribution in [0.15, 0.2) is 11.2 Å². The van der Waals surface area contributed by atoms with Crippen molar-refractivity contribution in [3.8, 4) is 0 Å². The minimum atomic E-state index is -3.49. The topological polar surface area (TPSA) is 78.1 Å². The minimum Gasteiger partial charge on any atom is -0.332 e. The van der Waals surface area contributed by atoms with Crippen molar-refractivity contribution < 1.29 is 8.42 Å². The summed E-state index contributed by atoms with van der Waals surface area (Å²) in [6.07, 6.45) is 3.77. The molecule has 2 N–H and O–H groups in total. The zero-order chi connectivity index (χ0) is 15.7. The van der Waals surface area contributed by atoms with Crippen molar-refractivity contribution in [1.29, 1.82) is 0 Å². The number of aromatic nitrogens is 2. The van der Waals surface area contributed by atoms with Gasteiger partial charge in [0.1, 0.15) is 5.82 Å². The van der Waals surface area contributed by atoms with Crippen molar-refractivity contribution in [1.82, 2.24) is 19.6 Å². The van der Waals surface area contributed by atoms with Gasteiger partial charge in [-0.2, -0.15) is 0 Å². The fourth-order valence-electron chi connectivity index (χ4n) is 2.61. The number of aryl methyl sites for hydroxylation is 1. The Labute approximate surface area is 127 Å². The first-order valence-corrected chi connectivity index (χ1v) is 9.02. The molecule has 21 heavy (non-hydrogen) atoms. The molecule has 6 nitrogen and oxygen atoms in total. The van der Waals surface area contributed by atoms with Gasteiger partial charge in [0.25, 0.3) is 10.0 Å². The zero-order valence-electron chi connectivity index (χ0n) is 13.3. The molecule has 1 fully saturated rings. The Bertz CT molecular complexity index is 566. The van der Waals surface area contributed by atoms with E-state index in [1.165, 1.54) is 6.20 Å². The molecule has 1 aromatic heterocycles. The van der Waals surface area contributed by atoms with Crippen molar-refractivity contribution in [2.75, 3.05) is 13.1 Å². The second-order valence-electron chi connectivity index (χ2n) is 6.60. The third-order valence-corrected chi connectivity index (χ3v) is 5.43. The zero-order valence-corrected chi connectivity index (χ0v) is 14.1. The SMILES string of the molecule is CCc1ncc(S(=O)(=O)NC2CCN(C(C)(C)C)CC2)[nH]1. The van der Waals surface area contributed by atoms with Gasteiger partial charge in [-0.25, -0.2) is 18.1 Å². The van der Waals surface area contributed by atoms with Crippen LogP contribution in [0.2, 0.25) is 0 Å². The van der Waals surface area contributed by atoms with Crippen LogP contribution in [0.3, 0.4) is 0 Å². The van der Waals surface area contributed by atoms with Gasteiger partial charge in [0.15, 0.2) is 5.03 Å². The first-order valence-electron chi connectivity index (χ1n) is 7.53. The summed E-state index contributed by atoms with van der Waals surface area (Å²) >= 11 is 0. The maximum Gasteiger partial charge on any atom is 0.257 e. The monoisotopic (exact) mass is 314 g/mol. The van der Waals surface area contributed by atoms with Crippen LogP contribution in [-0.4, -0.2) is 48.0 Å². The Kier molecular flexibility index (Phi) is 4.75. The third kappa shape index (κ3) is 4.05. The second kappa shape index (κ2) is 6.06. The average Bonchev–Trinajstić information content (AvgIpc) is 2.87. The highest BCUT2D eigenvalue weighted by Gasteiger charge is 2.29.